The molecule has 0 spiro atoms. The Bertz CT molecular complexity index is 1310. The highest BCUT2D eigenvalue weighted by molar-refractivity contribution is 9.10. The highest BCUT2D eigenvalue weighted by Gasteiger charge is 2.40. The topological polar surface area (TPSA) is 106 Å². The van der Waals surface area contributed by atoms with E-state index in [0.29, 0.717) is 37.4 Å². The first kappa shape index (κ1) is 23.9. The first-order valence-electron chi connectivity index (χ1n) is 9.72. The minimum Gasteiger partial charge on any atom is -0.345 e. The van der Waals surface area contributed by atoms with Gasteiger partial charge in [-0.2, -0.15) is 5.10 Å². The van der Waals surface area contributed by atoms with E-state index in [-0.39, 0.29) is 17.1 Å². The molecule has 172 valence electrons. The van der Waals surface area contributed by atoms with Crippen LogP contribution in [0.15, 0.2) is 41.1 Å². The number of benzene rings is 1. The largest absolute Gasteiger partial charge is 0.345 e. The lowest BCUT2D eigenvalue weighted by Crippen LogP contribution is -2.61. The maximum atomic E-state index is 13.3. The average molecular weight is 571 g/mol. The lowest BCUT2D eigenvalue weighted by Gasteiger charge is -2.38. The Hall–Kier alpha value is -2.27. The molecule has 1 aliphatic heterocycles. The molecule has 4 rings (SSSR count). The van der Waals surface area contributed by atoms with Crippen molar-refractivity contribution in [3.63, 3.8) is 0 Å². The van der Waals surface area contributed by atoms with Crippen LogP contribution in [0.3, 0.4) is 0 Å². The van der Waals surface area contributed by atoms with Crippen molar-refractivity contribution in [3.8, 4) is 5.82 Å². The third kappa shape index (κ3) is 4.98. The van der Waals surface area contributed by atoms with Crippen molar-refractivity contribution in [2.24, 2.45) is 0 Å². The number of amides is 2. The number of aromatic nitrogens is 3. The van der Waals surface area contributed by atoms with E-state index in [9.17, 15) is 13.8 Å². The molecule has 0 saturated carbocycles. The molecule has 0 bridgehead atoms. The van der Waals surface area contributed by atoms with Crippen molar-refractivity contribution >= 4 is 67.4 Å². The van der Waals surface area contributed by atoms with Gasteiger partial charge in [-0.25, -0.2) is 9.67 Å². The fraction of sp³-hybridized carbons (Fsp3) is 0.238. The van der Waals surface area contributed by atoms with Gasteiger partial charge in [-0.1, -0.05) is 23.2 Å². The maximum absolute atomic E-state index is 13.3. The molecule has 8 nitrogen and oxygen atoms in total. The molecule has 3 heterocycles. The molecule has 0 aliphatic carbocycles. The zero-order valence-corrected chi connectivity index (χ0v) is 21.4. The SMILES string of the molecule is Cc1cc(Cl)cc(C(=O)NC2(C)CS(=O)C2)c1NC(=O)c1cc(Br)nn1-c1ncccc1Cl. The number of aryl methyl sites for hydroxylation is 1. The molecular weight excluding hydrogens is 553 g/mol. The second-order valence-electron chi connectivity index (χ2n) is 7.92. The first-order valence-corrected chi connectivity index (χ1v) is 12.8. The lowest BCUT2D eigenvalue weighted by atomic mass is 10.0. The van der Waals surface area contributed by atoms with Gasteiger partial charge in [0.1, 0.15) is 10.3 Å². The van der Waals surface area contributed by atoms with E-state index < -0.39 is 28.2 Å². The molecule has 0 unspecified atom stereocenters. The summed E-state index contributed by atoms with van der Waals surface area (Å²) in [4.78, 5) is 30.5. The lowest BCUT2D eigenvalue weighted by molar-refractivity contribution is 0.0918. The number of anilines is 1. The van der Waals surface area contributed by atoms with Gasteiger partial charge in [0.25, 0.3) is 11.8 Å². The zero-order chi connectivity index (χ0) is 23.9. The van der Waals surface area contributed by atoms with Crippen LogP contribution in [0.2, 0.25) is 10.0 Å². The molecule has 1 saturated heterocycles. The summed E-state index contributed by atoms with van der Waals surface area (Å²) in [6.45, 7) is 3.57. The van der Waals surface area contributed by atoms with Gasteiger partial charge in [0, 0.05) is 39.6 Å². The highest BCUT2D eigenvalue weighted by Crippen LogP contribution is 2.29. The molecule has 1 aromatic carbocycles. The molecule has 1 fully saturated rings. The van der Waals surface area contributed by atoms with E-state index in [2.05, 4.69) is 36.6 Å². The Morgan fingerprint density at radius 2 is 1.94 bits per heavy atom. The quantitative estimate of drug-likeness (QED) is 0.479. The average Bonchev–Trinajstić information content (AvgIpc) is 3.10. The first-order chi connectivity index (χ1) is 15.6. The summed E-state index contributed by atoms with van der Waals surface area (Å²) in [7, 11) is -0.944. The number of hydrogen-bond acceptors (Lipinski definition) is 5. The van der Waals surface area contributed by atoms with E-state index in [4.69, 9.17) is 23.2 Å². The molecule has 0 radical (unpaired) electrons. The molecule has 33 heavy (non-hydrogen) atoms. The molecular formula is C21H18BrCl2N5O3S. The van der Waals surface area contributed by atoms with Gasteiger partial charge in [-0.3, -0.25) is 13.8 Å². The number of nitrogens with zero attached hydrogens (tertiary/aromatic N) is 3. The van der Waals surface area contributed by atoms with Crippen LogP contribution in [0.1, 0.15) is 33.3 Å². The Kier molecular flexibility index (Phi) is 6.63. The molecule has 0 atom stereocenters. The smallest absolute Gasteiger partial charge is 0.274 e. The predicted octanol–water partition coefficient (Wildman–Crippen LogP) is 4.15. The summed E-state index contributed by atoms with van der Waals surface area (Å²) in [6, 6.07) is 7.97. The summed E-state index contributed by atoms with van der Waals surface area (Å²) >= 11 is 15.7. The summed E-state index contributed by atoms with van der Waals surface area (Å²) in [5.74, 6) is 0.0883. The molecule has 3 aromatic rings. The normalized spacial score (nSPS) is 19.6. The number of hydrogen-bond donors (Lipinski definition) is 2. The predicted molar refractivity (Wildman–Crippen MR) is 132 cm³/mol. The van der Waals surface area contributed by atoms with Gasteiger partial charge in [-0.05, 0) is 59.6 Å². The maximum Gasteiger partial charge on any atom is 0.274 e. The number of rotatable bonds is 5. The summed E-state index contributed by atoms with van der Waals surface area (Å²) in [5.41, 5.74) is 0.697. The van der Waals surface area contributed by atoms with Gasteiger partial charge in [0.05, 0.1) is 21.8 Å². The van der Waals surface area contributed by atoms with Crippen molar-refractivity contribution in [3.05, 3.63) is 68.0 Å². The number of carbonyl (C=O) groups excluding carboxylic acids is 2. The Balaban J connectivity index is 1.68. The second kappa shape index (κ2) is 9.17. The number of carbonyl (C=O) groups is 2. The Morgan fingerprint density at radius 1 is 1.21 bits per heavy atom. The Morgan fingerprint density at radius 3 is 2.61 bits per heavy atom. The summed E-state index contributed by atoms with van der Waals surface area (Å²) in [5, 5.41) is 10.6. The minimum atomic E-state index is -0.944. The van der Waals surface area contributed by atoms with Crippen LogP contribution in [0.5, 0.6) is 0 Å². The summed E-state index contributed by atoms with van der Waals surface area (Å²) < 4.78 is 13.3. The molecule has 2 amide bonds. The number of pyridine rings is 1. The fourth-order valence-electron chi connectivity index (χ4n) is 3.56. The molecule has 2 aromatic heterocycles. The van der Waals surface area contributed by atoms with Gasteiger partial charge in [-0.15, -0.1) is 0 Å². The van der Waals surface area contributed by atoms with E-state index in [1.165, 1.54) is 16.8 Å². The standard InChI is InChI=1S/C21H18BrCl2N5O3S/c1-11-6-12(23)7-13(19(30)27-21(2)9-33(32)10-21)17(11)26-20(31)15-8-16(22)28-29(15)18-14(24)4-3-5-25-18/h3-8H,9-10H2,1-2H3,(H,26,31)(H,27,30). The third-order valence-electron chi connectivity index (χ3n) is 5.01. The Labute approximate surface area is 210 Å². The van der Waals surface area contributed by atoms with Crippen LogP contribution in [-0.2, 0) is 10.8 Å². The van der Waals surface area contributed by atoms with Gasteiger partial charge in [0.15, 0.2) is 5.82 Å². The van der Waals surface area contributed by atoms with Crippen molar-refractivity contribution < 1.29 is 13.8 Å². The molecule has 2 N–H and O–H groups in total. The second-order valence-corrected chi connectivity index (χ2v) is 11.0. The third-order valence-corrected chi connectivity index (χ3v) is 7.83. The van der Waals surface area contributed by atoms with Crippen LogP contribution in [-0.4, -0.2) is 47.8 Å². The van der Waals surface area contributed by atoms with Gasteiger partial charge >= 0.3 is 0 Å². The van der Waals surface area contributed by atoms with Crippen LogP contribution in [0, 0.1) is 6.92 Å². The van der Waals surface area contributed by atoms with E-state index in [1.807, 2.05) is 6.92 Å². The van der Waals surface area contributed by atoms with Crippen LogP contribution >= 0.6 is 39.1 Å². The fourth-order valence-corrected chi connectivity index (χ4v) is 5.89. The zero-order valence-electron chi connectivity index (χ0n) is 17.5. The molecule has 12 heteroatoms. The van der Waals surface area contributed by atoms with Gasteiger partial charge < -0.3 is 10.6 Å². The van der Waals surface area contributed by atoms with Crippen LogP contribution in [0.4, 0.5) is 5.69 Å². The van der Waals surface area contributed by atoms with E-state index in [0.717, 1.165) is 0 Å². The van der Waals surface area contributed by atoms with E-state index in [1.54, 1.807) is 31.3 Å². The van der Waals surface area contributed by atoms with E-state index >= 15 is 0 Å². The summed E-state index contributed by atoms with van der Waals surface area (Å²) in [6.07, 6.45) is 1.54. The van der Waals surface area contributed by atoms with Crippen molar-refractivity contribution in [1.29, 1.82) is 0 Å². The number of nitrogens with one attached hydrogen (secondary N) is 2. The van der Waals surface area contributed by atoms with Gasteiger partial charge in [0.2, 0.25) is 0 Å². The number of halogens is 3. The minimum absolute atomic E-state index is 0.157. The van der Waals surface area contributed by atoms with Crippen LogP contribution < -0.4 is 10.6 Å². The van der Waals surface area contributed by atoms with Crippen molar-refractivity contribution in [1.82, 2.24) is 20.1 Å². The molecule has 1 aliphatic rings. The highest BCUT2D eigenvalue weighted by atomic mass is 79.9. The van der Waals surface area contributed by atoms with Crippen molar-refractivity contribution in [2.45, 2.75) is 19.4 Å². The van der Waals surface area contributed by atoms with Crippen molar-refractivity contribution in [2.75, 3.05) is 16.8 Å². The monoisotopic (exact) mass is 569 g/mol. The van der Waals surface area contributed by atoms with Crippen LogP contribution in [0.25, 0.3) is 5.82 Å².